The summed E-state index contributed by atoms with van der Waals surface area (Å²) >= 11 is 0. The van der Waals surface area contributed by atoms with E-state index < -0.39 is 5.82 Å². The van der Waals surface area contributed by atoms with Crippen LogP contribution in [0.25, 0.3) is 22.2 Å². The number of anilines is 3. The van der Waals surface area contributed by atoms with E-state index in [1.54, 1.807) is 38.5 Å². The first kappa shape index (κ1) is 14.0. The number of halogens is 1. The summed E-state index contributed by atoms with van der Waals surface area (Å²) < 4.78 is 14.3. The maximum Gasteiger partial charge on any atom is 0.224 e. The zero-order valence-corrected chi connectivity index (χ0v) is 12.2. The molecule has 3 rings (SSSR count). The van der Waals surface area contributed by atoms with Crippen LogP contribution in [0.3, 0.4) is 0 Å². The van der Waals surface area contributed by atoms with Gasteiger partial charge < -0.3 is 16.4 Å². The van der Waals surface area contributed by atoms with Gasteiger partial charge in [-0.25, -0.2) is 14.4 Å². The number of rotatable bonds is 3. The van der Waals surface area contributed by atoms with Gasteiger partial charge in [-0.3, -0.25) is 0 Å². The van der Waals surface area contributed by atoms with Crippen molar-refractivity contribution in [1.29, 1.82) is 0 Å². The molecule has 2 heterocycles. The Morgan fingerprint density at radius 1 is 1.09 bits per heavy atom. The van der Waals surface area contributed by atoms with Crippen molar-refractivity contribution in [2.24, 2.45) is 0 Å². The minimum atomic E-state index is -0.465. The summed E-state index contributed by atoms with van der Waals surface area (Å²) in [7, 11) is 3.46. The van der Waals surface area contributed by atoms with Crippen molar-refractivity contribution in [2.75, 3.05) is 30.5 Å². The molecule has 2 aromatic heterocycles. The molecule has 0 saturated heterocycles. The van der Waals surface area contributed by atoms with Crippen LogP contribution in [-0.4, -0.2) is 29.0 Å². The molecule has 7 heteroatoms. The van der Waals surface area contributed by atoms with Gasteiger partial charge in [-0.05, 0) is 12.1 Å². The summed E-state index contributed by atoms with van der Waals surface area (Å²) in [4.78, 5) is 12.9. The molecule has 6 nitrogen and oxygen atoms in total. The Hall–Kier alpha value is -2.96. The third-order valence-corrected chi connectivity index (χ3v) is 3.35. The zero-order valence-electron chi connectivity index (χ0n) is 12.2. The minimum absolute atomic E-state index is 0.0985. The second kappa shape index (κ2) is 5.44. The number of nitrogens with zero attached hydrogens (tertiary/aromatic N) is 3. The fourth-order valence-corrected chi connectivity index (χ4v) is 2.24. The first-order valence-electron chi connectivity index (χ1n) is 6.71. The van der Waals surface area contributed by atoms with Crippen molar-refractivity contribution in [3.8, 4) is 11.1 Å². The Morgan fingerprint density at radius 2 is 1.91 bits per heavy atom. The van der Waals surface area contributed by atoms with Gasteiger partial charge in [0, 0.05) is 36.8 Å². The number of pyridine rings is 1. The molecule has 0 saturated carbocycles. The normalized spacial score (nSPS) is 10.7. The van der Waals surface area contributed by atoms with Crippen LogP contribution in [0, 0.1) is 5.82 Å². The fraction of sp³-hybridized carbons (Fsp3) is 0.133. The fourth-order valence-electron chi connectivity index (χ4n) is 2.24. The molecule has 0 amide bonds. The number of fused-ring (bicyclic) bond motifs is 1. The topological polar surface area (TPSA) is 88.8 Å². The molecule has 0 fully saturated rings. The van der Waals surface area contributed by atoms with Crippen LogP contribution < -0.4 is 16.4 Å². The van der Waals surface area contributed by atoms with E-state index in [9.17, 15) is 4.39 Å². The lowest BCUT2D eigenvalue weighted by Gasteiger charge is -2.12. The summed E-state index contributed by atoms with van der Waals surface area (Å²) in [6, 6.07) is 6.69. The second-order valence-corrected chi connectivity index (χ2v) is 4.70. The predicted octanol–water partition coefficient (Wildman–Crippen LogP) is 2.50. The predicted molar refractivity (Wildman–Crippen MR) is 86.2 cm³/mol. The smallest absolute Gasteiger partial charge is 0.224 e. The molecular weight excluding hydrogens is 283 g/mol. The number of benzene rings is 1. The third-order valence-electron chi connectivity index (χ3n) is 3.35. The molecule has 112 valence electrons. The van der Waals surface area contributed by atoms with Gasteiger partial charge in [-0.1, -0.05) is 12.1 Å². The van der Waals surface area contributed by atoms with Crippen LogP contribution in [0.5, 0.6) is 0 Å². The Morgan fingerprint density at radius 3 is 2.64 bits per heavy atom. The summed E-state index contributed by atoms with van der Waals surface area (Å²) in [6.07, 6.45) is 1.65. The van der Waals surface area contributed by atoms with Gasteiger partial charge in [-0.15, -0.1) is 0 Å². The van der Waals surface area contributed by atoms with Crippen molar-refractivity contribution in [3.63, 3.8) is 0 Å². The van der Waals surface area contributed by atoms with E-state index in [2.05, 4.69) is 25.6 Å². The number of aromatic nitrogens is 3. The number of nitrogen functional groups attached to an aromatic ring is 1. The molecule has 0 radical (unpaired) electrons. The lowest BCUT2D eigenvalue weighted by molar-refractivity contribution is 0.636. The maximum absolute atomic E-state index is 14.3. The Labute approximate surface area is 126 Å². The van der Waals surface area contributed by atoms with Crippen LogP contribution >= 0.6 is 0 Å². The van der Waals surface area contributed by atoms with Gasteiger partial charge in [-0.2, -0.15) is 4.98 Å². The molecule has 0 atom stereocenters. The van der Waals surface area contributed by atoms with E-state index in [0.717, 1.165) is 5.39 Å². The molecule has 0 aliphatic rings. The van der Waals surface area contributed by atoms with Crippen LogP contribution in [0.4, 0.5) is 21.8 Å². The van der Waals surface area contributed by atoms with E-state index in [0.29, 0.717) is 28.5 Å². The molecule has 0 unspecified atom stereocenters. The number of hydrogen-bond donors (Lipinski definition) is 3. The second-order valence-electron chi connectivity index (χ2n) is 4.70. The third kappa shape index (κ3) is 2.26. The van der Waals surface area contributed by atoms with Gasteiger partial charge >= 0.3 is 0 Å². The van der Waals surface area contributed by atoms with Gasteiger partial charge in [0.15, 0.2) is 11.5 Å². The van der Waals surface area contributed by atoms with Crippen LogP contribution in [-0.2, 0) is 0 Å². The molecule has 3 aromatic rings. The molecule has 0 aliphatic carbocycles. The average Bonchev–Trinajstić information content (AvgIpc) is 2.55. The van der Waals surface area contributed by atoms with Crippen molar-refractivity contribution in [3.05, 3.63) is 36.3 Å². The van der Waals surface area contributed by atoms with Crippen molar-refractivity contribution in [2.45, 2.75) is 0 Å². The molecular formula is C15H15FN6. The molecule has 0 aliphatic heterocycles. The van der Waals surface area contributed by atoms with E-state index in [1.165, 1.54) is 6.07 Å². The van der Waals surface area contributed by atoms with Gasteiger partial charge in [0.05, 0.1) is 5.69 Å². The SMILES string of the molecule is CNc1ncc2cc(-c3cccc(N)c3F)c(NC)nc2n1. The minimum Gasteiger partial charge on any atom is -0.396 e. The molecule has 22 heavy (non-hydrogen) atoms. The van der Waals surface area contributed by atoms with E-state index in [1.807, 2.05) is 0 Å². The highest BCUT2D eigenvalue weighted by Crippen LogP contribution is 2.33. The molecule has 0 spiro atoms. The molecule has 4 N–H and O–H groups in total. The van der Waals surface area contributed by atoms with E-state index >= 15 is 0 Å². The summed E-state index contributed by atoms with van der Waals surface area (Å²) in [5.74, 6) is 0.538. The van der Waals surface area contributed by atoms with Crippen LogP contribution in [0.1, 0.15) is 0 Å². The van der Waals surface area contributed by atoms with Crippen molar-refractivity contribution in [1.82, 2.24) is 15.0 Å². The Bertz CT molecular complexity index is 849. The Balaban J connectivity index is 2.27. The van der Waals surface area contributed by atoms with Crippen molar-refractivity contribution < 1.29 is 4.39 Å². The lowest BCUT2D eigenvalue weighted by atomic mass is 10.0. The largest absolute Gasteiger partial charge is 0.396 e. The van der Waals surface area contributed by atoms with Crippen molar-refractivity contribution >= 4 is 28.5 Å². The monoisotopic (exact) mass is 298 g/mol. The van der Waals surface area contributed by atoms with E-state index in [4.69, 9.17) is 5.73 Å². The summed E-state index contributed by atoms with van der Waals surface area (Å²) in [6.45, 7) is 0. The summed E-state index contributed by atoms with van der Waals surface area (Å²) in [5.41, 5.74) is 7.27. The number of hydrogen-bond acceptors (Lipinski definition) is 6. The molecule has 0 bridgehead atoms. The lowest BCUT2D eigenvalue weighted by Crippen LogP contribution is -2.02. The van der Waals surface area contributed by atoms with E-state index in [-0.39, 0.29) is 5.69 Å². The molecule has 1 aromatic carbocycles. The van der Waals surface area contributed by atoms with Crippen LogP contribution in [0.15, 0.2) is 30.5 Å². The highest BCUT2D eigenvalue weighted by molar-refractivity contribution is 5.88. The quantitative estimate of drug-likeness (QED) is 0.644. The van der Waals surface area contributed by atoms with Gasteiger partial charge in [0.2, 0.25) is 5.95 Å². The van der Waals surface area contributed by atoms with Crippen LogP contribution in [0.2, 0.25) is 0 Å². The zero-order chi connectivity index (χ0) is 15.7. The average molecular weight is 298 g/mol. The summed E-state index contributed by atoms with van der Waals surface area (Å²) in [5, 5.41) is 6.55. The van der Waals surface area contributed by atoms with Gasteiger partial charge in [0.25, 0.3) is 0 Å². The van der Waals surface area contributed by atoms with Gasteiger partial charge in [0.1, 0.15) is 5.82 Å². The highest BCUT2D eigenvalue weighted by Gasteiger charge is 2.14. The number of nitrogens with two attached hydrogens (primary N) is 1. The first-order valence-corrected chi connectivity index (χ1v) is 6.71. The standard InChI is InChI=1S/C15H15FN6/c1-18-14-10(9-4-3-5-11(17)12(9)16)6-8-7-20-15(19-2)22-13(8)21-14/h3-7H,17H2,1-2H3,(H2,18,19,20,21,22). The highest BCUT2D eigenvalue weighted by atomic mass is 19.1. The Kier molecular flexibility index (Phi) is 3.46. The maximum atomic E-state index is 14.3. The first-order chi connectivity index (χ1) is 10.6. The number of nitrogens with one attached hydrogen (secondary N) is 2.